The molecule has 0 aliphatic rings. The largest absolute Gasteiger partial charge is 0.399 e. The van der Waals surface area contributed by atoms with Crippen molar-refractivity contribution in [2.45, 2.75) is 11.8 Å². The molecule has 0 aromatic heterocycles. The zero-order valence-electron chi connectivity index (χ0n) is 10.8. The molecule has 0 unspecified atom stereocenters. The van der Waals surface area contributed by atoms with E-state index in [1.807, 2.05) is 6.92 Å². The van der Waals surface area contributed by atoms with Crippen molar-refractivity contribution in [3.8, 4) is 0 Å². The quantitative estimate of drug-likeness (QED) is 0.392. The average Bonchev–Trinajstić information content (AvgIpc) is 2.26. The summed E-state index contributed by atoms with van der Waals surface area (Å²) in [6.07, 6.45) is 0. The van der Waals surface area contributed by atoms with Crippen molar-refractivity contribution in [2.24, 2.45) is 5.14 Å². The number of hydrogen-bond donors (Lipinski definition) is 3. The Kier molecular flexibility index (Phi) is 5.34. The van der Waals surface area contributed by atoms with Gasteiger partial charge in [0.15, 0.2) is 0 Å². The molecular weight excluding hydrogens is 266 g/mol. The summed E-state index contributed by atoms with van der Waals surface area (Å²) in [7, 11) is -3.76. The highest BCUT2D eigenvalue weighted by Gasteiger charge is 2.09. The lowest BCUT2D eigenvalue weighted by Crippen LogP contribution is -2.14. The van der Waals surface area contributed by atoms with Crippen LogP contribution in [-0.4, -0.2) is 28.2 Å². The molecule has 0 saturated carbocycles. The minimum Gasteiger partial charge on any atom is -0.399 e. The van der Waals surface area contributed by atoms with Crippen molar-refractivity contribution in [1.29, 1.82) is 0 Å². The maximum Gasteiger partial charge on any atom is 0.238 e. The van der Waals surface area contributed by atoms with Crippen LogP contribution in [0.1, 0.15) is 6.92 Å². The van der Waals surface area contributed by atoms with E-state index in [9.17, 15) is 8.42 Å². The van der Waals surface area contributed by atoms with E-state index in [0.29, 0.717) is 31.1 Å². The Hall–Kier alpha value is -1.57. The fraction of sp³-hybridized carbons (Fsp3) is 0.333. The zero-order valence-corrected chi connectivity index (χ0v) is 11.7. The lowest BCUT2D eigenvalue weighted by atomic mass is 10.3. The zero-order chi connectivity index (χ0) is 14.5. The van der Waals surface area contributed by atoms with Crippen LogP contribution < -0.4 is 16.2 Å². The number of nitrogen functional groups attached to an aromatic ring is 1. The molecule has 1 aromatic rings. The van der Waals surface area contributed by atoms with Crippen molar-refractivity contribution >= 4 is 21.4 Å². The van der Waals surface area contributed by atoms with Gasteiger partial charge in [-0.3, -0.25) is 0 Å². The second kappa shape index (κ2) is 6.55. The SMILES string of the molecule is C=C(C)COCCNc1cc(N)cc(S(N)(=O)=O)c1. The van der Waals surface area contributed by atoms with E-state index in [2.05, 4.69) is 11.9 Å². The first-order valence-corrected chi connectivity index (χ1v) is 7.23. The van der Waals surface area contributed by atoms with Gasteiger partial charge >= 0.3 is 0 Å². The van der Waals surface area contributed by atoms with Crippen molar-refractivity contribution in [2.75, 3.05) is 30.8 Å². The van der Waals surface area contributed by atoms with Crippen LogP contribution in [0.5, 0.6) is 0 Å². The highest BCUT2D eigenvalue weighted by molar-refractivity contribution is 7.89. The van der Waals surface area contributed by atoms with Gasteiger partial charge in [-0.1, -0.05) is 12.2 Å². The van der Waals surface area contributed by atoms with E-state index in [4.69, 9.17) is 15.6 Å². The Balaban J connectivity index is 2.59. The molecule has 0 bridgehead atoms. The standard InChI is InChI=1S/C12H19N3O3S/c1-9(2)8-18-4-3-15-11-5-10(13)6-12(7-11)19(14,16)17/h5-7,15H,1,3-4,8,13H2,2H3,(H2,14,16,17). The Morgan fingerprint density at radius 3 is 2.68 bits per heavy atom. The van der Waals surface area contributed by atoms with E-state index in [0.717, 1.165) is 5.57 Å². The topological polar surface area (TPSA) is 107 Å². The maximum atomic E-state index is 11.2. The van der Waals surface area contributed by atoms with Gasteiger partial charge in [-0.15, -0.1) is 0 Å². The van der Waals surface area contributed by atoms with E-state index in [1.54, 1.807) is 6.07 Å². The van der Waals surface area contributed by atoms with Gasteiger partial charge in [0, 0.05) is 17.9 Å². The molecule has 0 fully saturated rings. The summed E-state index contributed by atoms with van der Waals surface area (Å²) in [5, 5.41) is 8.08. The average molecular weight is 285 g/mol. The molecule has 106 valence electrons. The maximum absolute atomic E-state index is 11.2. The molecule has 0 atom stereocenters. The first-order chi connectivity index (χ1) is 8.79. The summed E-state index contributed by atoms with van der Waals surface area (Å²) in [5.41, 5.74) is 7.48. The van der Waals surface area contributed by atoms with Crippen LogP contribution in [0.15, 0.2) is 35.2 Å². The molecule has 0 aliphatic heterocycles. The number of rotatable bonds is 7. The fourth-order valence-corrected chi connectivity index (χ4v) is 1.99. The van der Waals surface area contributed by atoms with Crippen molar-refractivity contribution in [3.63, 3.8) is 0 Å². The Bertz CT molecular complexity index is 555. The van der Waals surface area contributed by atoms with E-state index >= 15 is 0 Å². The van der Waals surface area contributed by atoms with Crippen LogP contribution in [0.3, 0.4) is 0 Å². The summed E-state index contributed by atoms with van der Waals surface area (Å²) in [6.45, 7) is 7.11. The van der Waals surface area contributed by atoms with Crippen LogP contribution in [0.2, 0.25) is 0 Å². The second-order valence-electron chi connectivity index (χ2n) is 4.27. The number of nitrogens with one attached hydrogen (secondary N) is 1. The van der Waals surface area contributed by atoms with E-state index < -0.39 is 10.0 Å². The van der Waals surface area contributed by atoms with E-state index in [-0.39, 0.29) is 4.90 Å². The molecule has 0 aliphatic carbocycles. The number of sulfonamides is 1. The van der Waals surface area contributed by atoms with Gasteiger partial charge in [0.25, 0.3) is 0 Å². The number of primary sulfonamides is 1. The lowest BCUT2D eigenvalue weighted by Gasteiger charge is -2.09. The van der Waals surface area contributed by atoms with Crippen molar-refractivity contribution in [1.82, 2.24) is 0 Å². The van der Waals surface area contributed by atoms with Crippen LogP contribution in [0, 0.1) is 0 Å². The minimum atomic E-state index is -3.76. The molecule has 0 saturated heterocycles. The number of benzene rings is 1. The van der Waals surface area contributed by atoms with Crippen molar-refractivity contribution < 1.29 is 13.2 Å². The Morgan fingerprint density at radius 2 is 2.11 bits per heavy atom. The second-order valence-corrected chi connectivity index (χ2v) is 5.83. The molecule has 19 heavy (non-hydrogen) atoms. The smallest absolute Gasteiger partial charge is 0.238 e. The molecule has 5 N–H and O–H groups in total. The lowest BCUT2D eigenvalue weighted by molar-refractivity contribution is 0.167. The van der Waals surface area contributed by atoms with Gasteiger partial charge < -0.3 is 15.8 Å². The van der Waals surface area contributed by atoms with Gasteiger partial charge in [-0.2, -0.15) is 0 Å². The Labute approximate surface area is 113 Å². The predicted molar refractivity (Wildman–Crippen MR) is 76.4 cm³/mol. The molecule has 0 spiro atoms. The molecule has 0 heterocycles. The van der Waals surface area contributed by atoms with E-state index in [1.165, 1.54) is 12.1 Å². The highest BCUT2D eigenvalue weighted by atomic mass is 32.2. The molecule has 1 aromatic carbocycles. The molecule has 1 rings (SSSR count). The summed E-state index contributed by atoms with van der Waals surface area (Å²) >= 11 is 0. The first kappa shape index (κ1) is 15.5. The number of anilines is 2. The summed E-state index contributed by atoms with van der Waals surface area (Å²) in [5.74, 6) is 0. The van der Waals surface area contributed by atoms with Crippen LogP contribution in [-0.2, 0) is 14.8 Å². The monoisotopic (exact) mass is 285 g/mol. The molecular formula is C12H19N3O3S. The van der Waals surface area contributed by atoms with Gasteiger partial charge in [-0.25, -0.2) is 13.6 Å². The van der Waals surface area contributed by atoms with Crippen LogP contribution in [0.25, 0.3) is 0 Å². The third kappa shape index (κ3) is 5.73. The third-order valence-corrected chi connectivity index (χ3v) is 3.07. The molecule has 7 heteroatoms. The third-order valence-electron chi connectivity index (χ3n) is 2.18. The van der Waals surface area contributed by atoms with Gasteiger partial charge in [0.2, 0.25) is 10.0 Å². The Morgan fingerprint density at radius 1 is 1.42 bits per heavy atom. The minimum absolute atomic E-state index is 0.0159. The first-order valence-electron chi connectivity index (χ1n) is 5.68. The van der Waals surface area contributed by atoms with Gasteiger partial charge in [0.1, 0.15) is 0 Å². The summed E-state index contributed by atoms with van der Waals surface area (Å²) in [4.78, 5) is -0.0159. The summed E-state index contributed by atoms with van der Waals surface area (Å²) in [6, 6.07) is 4.38. The summed E-state index contributed by atoms with van der Waals surface area (Å²) < 4.78 is 27.8. The fourth-order valence-electron chi connectivity index (χ4n) is 1.40. The molecule has 0 radical (unpaired) electrons. The number of hydrogen-bond acceptors (Lipinski definition) is 5. The van der Waals surface area contributed by atoms with Crippen LogP contribution in [0.4, 0.5) is 11.4 Å². The van der Waals surface area contributed by atoms with Gasteiger partial charge in [0.05, 0.1) is 18.1 Å². The van der Waals surface area contributed by atoms with Gasteiger partial charge in [-0.05, 0) is 25.1 Å². The normalized spacial score (nSPS) is 11.3. The van der Waals surface area contributed by atoms with Crippen molar-refractivity contribution in [3.05, 3.63) is 30.4 Å². The van der Waals surface area contributed by atoms with Crippen LogP contribution >= 0.6 is 0 Å². The molecule has 6 nitrogen and oxygen atoms in total. The highest BCUT2D eigenvalue weighted by Crippen LogP contribution is 2.19. The number of ether oxygens (including phenoxy) is 1. The molecule has 0 amide bonds. The predicted octanol–water partition coefficient (Wildman–Crippen LogP) is 0.921. The number of nitrogens with two attached hydrogens (primary N) is 2.